The van der Waals surface area contributed by atoms with Crippen LogP contribution >= 0.6 is 10.7 Å². The summed E-state index contributed by atoms with van der Waals surface area (Å²) < 4.78 is 0. The van der Waals surface area contributed by atoms with Crippen molar-refractivity contribution in [3.05, 3.63) is 43.3 Å². The average molecular weight is 281 g/mol. The maximum Gasteiger partial charge on any atom is -0.171 e. The molecule has 0 fully saturated rings. The van der Waals surface area contributed by atoms with Crippen molar-refractivity contribution >= 4 is 10.7 Å². The molecule has 0 aliphatic heterocycles. The Morgan fingerprint density at radius 2 is 1.56 bits per heavy atom. The molecule has 0 nitrogen and oxygen atoms in total. The van der Waals surface area contributed by atoms with Crippen LogP contribution in [0.2, 0.25) is 0 Å². The molecule has 1 rings (SSSR count). The Hall–Kier alpha value is -0.0665. The van der Waals surface area contributed by atoms with Crippen LogP contribution in [0.3, 0.4) is 0 Å². The molecule has 0 aliphatic carbocycles. The molecule has 0 bridgehead atoms. The minimum atomic E-state index is 1.11. The summed E-state index contributed by atoms with van der Waals surface area (Å²) in [5, 5.41) is 0. The van der Waals surface area contributed by atoms with E-state index in [9.17, 15) is 0 Å². The standard InChI is InChI=1S/C8H17.C6H5.Ni.S/c1-3-5-7-8-6-4-2;1-2-4-6-5-3-1;;/h1,3-8H2,2H3;1-5H;;/q2*-1;;. The summed E-state index contributed by atoms with van der Waals surface area (Å²) in [4.78, 5) is 0. The van der Waals surface area contributed by atoms with Crippen LogP contribution in [0, 0.1) is 13.0 Å². The van der Waals surface area contributed by atoms with Gasteiger partial charge in [-0.15, -0.1) is 0 Å². The van der Waals surface area contributed by atoms with Gasteiger partial charge in [-0.05, 0) is 0 Å². The van der Waals surface area contributed by atoms with E-state index < -0.39 is 0 Å². The molecule has 0 unspecified atom stereocenters. The second-order valence-electron chi connectivity index (χ2n) is 3.35. The molecule has 0 aromatic heterocycles. The van der Waals surface area contributed by atoms with Crippen LogP contribution in [0.25, 0.3) is 0 Å². The third-order valence-corrected chi connectivity index (χ3v) is 1.96. The molecular weight excluding hydrogens is 259 g/mol. The molecule has 0 amide bonds. The van der Waals surface area contributed by atoms with Crippen LogP contribution in [-0.4, -0.2) is 0 Å². The second-order valence-corrected chi connectivity index (χ2v) is 3.35. The van der Waals surface area contributed by atoms with Crippen LogP contribution in [0.5, 0.6) is 0 Å². The average Bonchev–Trinajstić information content (AvgIpc) is 2.40. The number of rotatable bonds is 5. The zero-order chi connectivity index (χ0) is 12.5. The van der Waals surface area contributed by atoms with E-state index in [1.165, 1.54) is 32.1 Å². The van der Waals surface area contributed by atoms with Crippen LogP contribution in [0.15, 0.2) is 30.3 Å². The summed E-state index contributed by atoms with van der Waals surface area (Å²) in [7, 11) is 3.71. The zero-order valence-electron chi connectivity index (χ0n) is 10.1. The summed E-state index contributed by atoms with van der Waals surface area (Å²) in [6.07, 6.45) is 7.98. The van der Waals surface area contributed by atoms with Crippen molar-refractivity contribution in [1.29, 1.82) is 0 Å². The van der Waals surface area contributed by atoms with E-state index in [2.05, 4.69) is 44.4 Å². The van der Waals surface area contributed by atoms with Crippen molar-refractivity contribution in [2.75, 3.05) is 0 Å². The zero-order valence-corrected chi connectivity index (χ0v) is 11.9. The predicted molar refractivity (Wildman–Crippen MR) is 71.6 cm³/mol. The molecule has 2 heteroatoms. The molecule has 0 atom stereocenters. The van der Waals surface area contributed by atoms with E-state index in [1.54, 1.807) is 0 Å². The van der Waals surface area contributed by atoms with Crippen molar-refractivity contribution in [2.45, 2.75) is 45.4 Å². The number of hydrogen-bond acceptors (Lipinski definition) is 1. The van der Waals surface area contributed by atoms with Crippen LogP contribution in [-0.2, 0) is 13.9 Å². The minimum Gasteiger partial charge on any atom is -0.184 e. The van der Waals surface area contributed by atoms with Crippen molar-refractivity contribution in [1.82, 2.24) is 0 Å². The largest absolute Gasteiger partial charge is 0.184 e. The summed E-state index contributed by atoms with van der Waals surface area (Å²) in [6.45, 7) is 6.02. The first-order valence-corrected chi connectivity index (χ1v) is 7.21. The Balaban J connectivity index is 0. The second kappa shape index (κ2) is 20.4. The van der Waals surface area contributed by atoms with E-state index in [-0.39, 0.29) is 0 Å². The van der Waals surface area contributed by atoms with Gasteiger partial charge >= 0.3 is 24.5 Å². The SMILES string of the molecule is [CH2-]CCCCCCC.[S]=[Ni].[c-]1ccccc1. The van der Waals surface area contributed by atoms with Crippen molar-refractivity contribution in [2.24, 2.45) is 0 Å². The Morgan fingerprint density at radius 1 is 1.00 bits per heavy atom. The van der Waals surface area contributed by atoms with Crippen LogP contribution in [0.1, 0.15) is 45.4 Å². The van der Waals surface area contributed by atoms with Crippen molar-refractivity contribution in [3.63, 3.8) is 0 Å². The van der Waals surface area contributed by atoms with Gasteiger partial charge in [0.15, 0.2) is 0 Å². The number of benzene rings is 1. The molecule has 0 saturated heterocycles. The predicted octanol–water partition coefficient (Wildman–Crippen LogP) is 5.31. The maximum atomic E-state index is 3.78. The van der Waals surface area contributed by atoms with Crippen LogP contribution < -0.4 is 0 Å². The normalized spacial score (nSPS) is 8.25. The van der Waals surface area contributed by atoms with Gasteiger partial charge in [0, 0.05) is 0 Å². The Morgan fingerprint density at radius 3 is 1.88 bits per heavy atom. The van der Waals surface area contributed by atoms with E-state index >= 15 is 0 Å². The van der Waals surface area contributed by atoms with E-state index in [4.69, 9.17) is 0 Å². The van der Waals surface area contributed by atoms with Gasteiger partial charge in [-0.3, -0.25) is 0 Å². The van der Waals surface area contributed by atoms with E-state index in [0.717, 1.165) is 6.42 Å². The Labute approximate surface area is 113 Å². The monoisotopic (exact) mass is 280 g/mol. The molecular formula is C14H22NiS-2. The smallest absolute Gasteiger partial charge is 0.171 e. The Bertz CT molecular complexity index is 156. The fourth-order valence-corrected chi connectivity index (χ4v) is 1.12. The summed E-state index contributed by atoms with van der Waals surface area (Å²) >= 11 is 3.46. The third kappa shape index (κ3) is 19.5. The van der Waals surface area contributed by atoms with Gasteiger partial charge in [0.25, 0.3) is 0 Å². The third-order valence-electron chi connectivity index (χ3n) is 1.96. The first-order chi connectivity index (χ1) is 7.91. The molecule has 0 aliphatic rings. The number of hydrogen-bond donors (Lipinski definition) is 0. The van der Waals surface area contributed by atoms with Crippen LogP contribution in [0.4, 0.5) is 0 Å². The van der Waals surface area contributed by atoms with Crippen molar-refractivity contribution in [3.8, 4) is 0 Å². The molecule has 0 heterocycles. The molecule has 1 aromatic rings. The topological polar surface area (TPSA) is 0 Å². The molecule has 0 radical (unpaired) electrons. The van der Waals surface area contributed by atoms with Gasteiger partial charge in [0.05, 0.1) is 0 Å². The number of unbranched alkanes of at least 4 members (excludes halogenated alkanes) is 5. The van der Waals surface area contributed by atoms with Gasteiger partial charge in [-0.2, -0.15) is 42.8 Å². The summed E-state index contributed by atoms with van der Waals surface area (Å²) in [6, 6.07) is 12.5. The van der Waals surface area contributed by atoms with Crippen molar-refractivity contribution < 1.29 is 13.9 Å². The quantitative estimate of drug-likeness (QED) is 0.400. The molecule has 1 aromatic carbocycles. The molecule has 16 heavy (non-hydrogen) atoms. The molecule has 0 spiro atoms. The van der Waals surface area contributed by atoms with E-state index in [1.807, 2.05) is 30.3 Å². The molecule has 0 N–H and O–H groups in total. The molecule has 0 saturated carbocycles. The minimum absolute atomic E-state index is 1.11. The van der Waals surface area contributed by atoms with Gasteiger partial charge < -0.3 is 6.92 Å². The van der Waals surface area contributed by atoms with Gasteiger partial charge in [-0.25, -0.2) is 0 Å². The summed E-state index contributed by atoms with van der Waals surface area (Å²) in [5.41, 5.74) is 0. The van der Waals surface area contributed by atoms with Gasteiger partial charge in [0.1, 0.15) is 0 Å². The maximum absolute atomic E-state index is 3.78. The van der Waals surface area contributed by atoms with Gasteiger partial charge in [0.2, 0.25) is 0 Å². The van der Waals surface area contributed by atoms with Gasteiger partial charge in [-0.1, -0.05) is 39.0 Å². The Kier molecular flexibility index (Phi) is 23.3. The molecule has 96 valence electrons. The first kappa shape index (κ1) is 18.3. The van der Waals surface area contributed by atoms with E-state index in [0.29, 0.717) is 0 Å². The first-order valence-electron chi connectivity index (χ1n) is 5.75. The summed E-state index contributed by atoms with van der Waals surface area (Å²) in [5.74, 6) is 0. The fourth-order valence-electron chi connectivity index (χ4n) is 1.12. The fraction of sp³-hybridized carbons (Fsp3) is 0.500.